The number of unbranched alkanes of at least 4 members (excludes halogenated alkanes) is 1. The van der Waals surface area contributed by atoms with Crippen LogP contribution in [0.2, 0.25) is 0 Å². The Bertz CT molecular complexity index is 1240. The Hall–Kier alpha value is -3.21. The molecule has 0 amide bonds. The lowest BCUT2D eigenvalue weighted by Gasteiger charge is -2.23. The Morgan fingerprint density at radius 1 is 1.24 bits per heavy atom. The number of nitrogens with two attached hydrogens (primary N) is 1. The molecule has 1 aliphatic rings. The SMILES string of the molecule is CCCCOC(=O)[C@H](C)NP(=O)(COCCn1cnc2c(OC3CC3)nc(N)nc21)Oc1ccccc1. The van der Waals surface area contributed by atoms with Gasteiger partial charge in [-0.2, -0.15) is 9.97 Å². The van der Waals surface area contributed by atoms with Crippen molar-refractivity contribution in [2.24, 2.45) is 0 Å². The van der Waals surface area contributed by atoms with Gasteiger partial charge in [0.1, 0.15) is 24.2 Å². The molecular weight excluding hydrogens is 499 g/mol. The van der Waals surface area contributed by atoms with Crippen LogP contribution < -0.4 is 20.1 Å². The Kier molecular flexibility index (Phi) is 8.96. The molecule has 3 N–H and O–H groups in total. The van der Waals surface area contributed by atoms with Gasteiger partial charge in [-0.3, -0.25) is 9.36 Å². The van der Waals surface area contributed by atoms with Crippen molar-refractivity contribution in [2.45, 2.75) is 58.2 Å². The molecule has 4 rings (SSSR count). The lowest BCUT2D eigenvalue weighted by molar-refractivity contribution is -0.145. The van der Waals surface area contributed by atoms with Crippen molar-refractivity contribution in [3.8, 4) is 11.6 Å². The minimum absolute atomic E-state index is 0.0931. The van der Waals surface area contributed by atoms with Gasteiger partial charge in [-0.15, -0.1) is 0 Å². The monoisotopic (exact) mass is 532 g/mol. The zero-order chi connectivity index (χ0) is 26.3. The van der Waals surface area contributed by atoms with Crippen LogP contribution in [0.5, 0.6) is 11.6 Å². The number of nitrogens with zero attached hydrogens (tertiary/aromatic N) is 4. The van der Waals surface area contributed by atoms with Crippen molar-refractivity contribution in [3.63, 3.8) is 0 Å². The number of hydrogen-bond donors (Lipinski definition) is 2. The average Bonchev–Trinajstić information content (AvgIpc) is 3.60. The summed E-state index contributed by atoms with van der Waals surface area (Å²) in [6, 6.07) is 7.87. The first-order chi connectivity index (χ1) is 17.9. The fraction of sp³-hybridized carbons (Fsp3) is 0.500. The van der Waals surface area contributed by atoms with E-state index in [1.807, 2.05) is 13.0 Å². The molecule has 2 heterocycles. The Morgan fingerprint density at radius 2 is 2.03 bits per heavy atom. The molecule has 0 aliphatic heterocycles. The zero-order valence-corrected chi connectivity index (χ0v) is 21.9. The molecule has 1 unspecified atom stereocenters. The highest BCUT2D eigenvalue weighted by Crippen LogP contribution is 2.43. The molecule has 37 heavy (non-hydrogen) atoms. The third kappa shape index (κ3) is 7.64. The molecule has 1 aliphatic carbocycles. The summed E-state index contributed by atoms with van der Waals surface area (Å²) in [5.74, 6) is 0.353. The van der Waals surface area contributed by atoms with Crippen LogP contribution >= 0.6 is 7.52 Å². The van der Waals surface area contributed by atoms with E-state index in [1.165, 1.54) is 0 Å². The predicted octanol–water partition coefficient (Wildman–Crippen LogP) is 3.52. The Morgan fingerprint density at radius 3 is 2.76 bits per heavy atom. The minimum atomic E-state index is -3.63. The highest BCUT2D eigenvalue weighted by molar-refractivity contribution is 7.57. The zero-order valence-electron chi connectivity index (χ0n) is 21.0. The number of esters is 1. The van der Waals surface area contributed by atoms with Crippen molar-refractivity contribution in [1.29, 1.82) is 0 Å². The fourth-order valence-electron chi connectivity index (χ4n) is 3.40. The second-order valence-corrected chi connectivity index (χ2v) is 10.8. The van der Waals surface area contributed by atoms with Crippen molar-refractivity contribution in [1.82, 2.24) is 24.6 Å². The molecule has 12 nitrogen and oxygen atoms in total. The van der Waals surface area contributed by atoms with Gasteiger partial charge in [0, 0.05) is 6.54 Å². The van der Waals surface area contributed by atoms with E-state index in [2.05, 4.69) is 20.0 Å². The highest BCUT2D eigenvalue weighted by Gasteiger charge is 2.31. The predicted molar refractivity (Wildman–Crippen MR) is 137 cm³/mol. The summed E-state index contributed by atoms with van der Waals surface area (Å²) < 4.78 is 38.0. The van der Waals surface area contributed by atoms with Crippen LogP contribution in [0.1, 0.15) is 39.5 Å². The standard InChI is InChI=1S/C24H33N6O6P/c1-3-4-13-34-23(31)17(2)29-37(32,36-19-8-6-5-7-9-19)16-33-14-12-30-15-26-20-21(30)27-24(25)28-22(20)35-18-10-11-18/h5-9,15,17-18H,3-4,10-14,16H2,1-2H3,(H,29,32)(H2,25,27,28)/t17-,37?/m0/s1. The lowest BCUT2D eigenvalue weighted by atomic mass is 10.3. The maximum absolute atomic E-state index is 13.7. The van der Waals surface area contributed by atoms with Gasteiger partial charge in [-0.05, 0) is 38.3 Å². The van der Waals surface area contributed by atoms with Crippen molar-refractivity contribution in [3.05, 3.63) is 36.7 Å². The van der Waals surface area contributed by atoms with E-state index in [-0.39, 0.29) is 25.0 Å². The summed E-state index contributed by atoms with van der Waals surface area (Å²) in [7, 11) is -3.63. The number of carbonyl (C=O) groups is 1. The van der Waals surface area contributed by atoms with E-state index in [9.17, 15) is 9.36 Å². The summed E-state index contributed by atoms with van der Waals surface area (Å²) in [6.07, 6.45) is 5.10. The average molecular weight is 533 g/mol. The third-order valence-corrected chi connectivity index (χ3v) is 7.28. The first-order valence-corrected chi connectivity index (χ1v) is 14.2. The number of carbonyl (C=O) groups excluding carboxylic acids is 1. The first kappa shape index (κ1) is 26.8. The van der Waals surface area contributed by atoms with E-state index in [1.54, 1.807) is 42.1 Å². The maximum atomic E-state index is 13.7. The number of para-hydroxylation sites is 1. The largest absolute Gasteiger partial charge is 0.473 e. The van der Waals surface area contributed by atoms with Crippen LogP contribution in [0.25, 0.3) is 11.2 Å². The maximum Gasteiger partial charge on any atom is 0.342 e. The number of imidazole rings is 1. The van der Waals surface area contributed by atoms with Crippen LogP contribution in [0, 0.1) is 0 Å². The first-order valence-electron chi connectivity index (χ1n) is 12.4. The minimum Gasteiger partial charge on any atom is -0.473 e. The van der Waals surface area contributed by atoms with Gasteiger partial charge >= 0.3 is 13.5 Å². The number of nitrogens with one attached hydrogen (secondary N) is 1. The summed E-state index contributed by atoms with van der Waals surface area (Å²) >= 11 is 0. The molecule has 2 atom stereocenters. The Balaban J connectivity index is 1.38. The van der Waals surface area contributed by atoms with Crippen LogP contribution in [-0.4, -0.2) is 57.2 Å². The van der Waals surface area contributed by atoms with E-state index in [4.69, 9.17) is 24.5 Å². The third-order valence-electron chi connectivity index (χ3n) is 5.47. The van der Waals surface area contributed by atoms with Crippen LogP contribution in [0.3, 0.4) is 0 Å². The molecule has 200 valence electrons. The number of nitrogen functional groups attached to an aromatic ring is 1. The summed E-state index contributed by atoms with van der Waals surface area (Å²) in [6.45, 7) is 4.42. The molecule has 0 bridgehead atoms. The number of anilines is 1. The molecule has 13 heteroatoms. The molecule has 0 radical (unpaired) electrons. The van der Waals surface area contributed by atoms with Crippen molar-refractivity contribution >= 4 is 30.6 Å². The van der Waals surface area contributed by atoms with Gasteiger partial charge in [-0.25, -0.2) is 10.1 Å². The second kappa shape index (κ2) is 12.4. The lowest BCUT2D eigenvalue weighted by Crippen LogP contribution is -2.35. The quantitative estimate of drug-likeness (QED) is 0.168. The fourth-order valence-corrected chi connectivity index (χ4v) is 5.11. The number of benzene rings is 1. The summed E-state index contributed by atoms with van der Waals surface area (Å²) in [4.78, 5) is 25.2. The van der Waals surface area contributed by atoms with Crippen molar-refractivity contribution < 1.29 is 28.1 Å². The smallest absolute Gasteiger partial charge is 0.342 e. The van der Waals surface area contributed by atoms with Gasteiger partial charge in [0.25, 0.3) is 0 Å². The number of fused-ring (bicyclic) bond motifs is 1. The molecule has 2 aromatic heterocycles. The van der Waals surface area contributed by atoms with Gasteiger partial charge < -0.3 is 29.0 Å². The summed E-state index contributed by atoms with van der Waals surface area (Å²) in [5.41, 5.74) is 6.92. The summed E-state index contributed by atoms with van der Waals surface area (Å²) in [5, 5.41) is 2.79. The van der Waals surface area contributed by atoms with Gasteiger partial charge in [0.05, 0.1) is 19.5 Å². The Labute approximate surface area is 215 Å². The van der Waals surface area contributed by atoms with Crippen LogP contribution in [0.15, 0.2) is 36.7 Å². The number of rotatable bonds is 15. The number of aromatic nitrogens is 4. The topological polar surface area (TPSA) is 153 Å². The molecule has 1 fully saturated rings. The van der Waals surface area contributed by atoms with Gasteiger partial charge in [-0.1, -0.05) is 31.5 Å². The number of hydrogen-bond acceptors (Lipinski definition) is 10. The van der Waals surface area contributed by atoms with E-state index in [0.29, 0.717) is 35.9 Å². The molecule has 0 spiro atoms. The van der Waals surface area contributed by atoms with Crippen LogP contribution in [-0.2, 0) is 25.4 Å². The molecular formula is C24H33N6O6P. The van der Waals surface area contributed by atoms with Gasteiger partial charge in [0.15, 0.2) is 11.2 Å². The molecule has 3 aromatic rings. The highest BCUT2D eigenvalue weighted by atomic mass is 31.2. The normalized spacial score (nSPS) is 15.7. The molecule has 1 saturated carbocycles. The molecule has 0 saturated heterocycles. The van der Waals surface area contributed by atoms with Crippen LogP contribution in [0.4, 0.5) is 5.95 Å². The van der Waals surface area contributed by atoms with Gasteiger partial charge in [0.2, 0.25) is 11.8 Å². The second-order valence-electron chi connectivity index (χ2n) is 8.80. The van der Waals surface area contributed by atoms with Crippen molar-refractivity contribution in [2.75, 3.05) is 25.3 Å². The van der Waals surface area contributed by atoms with E-state index >= 15 is 0 Å². The van der Waals surface area contributed by atoms with E-state index in [0.717, 1.165) is 25.7 Å². The molecule has 1 aromatic carbocycles. The number of ether oxygens (including phenoxy) is 3. The van der Waals surface area contributed by atoms with E-state index < -0.39 is 19.5 Å².